The first-order valence-electron chi connectivity index (χ1n) is 9.42. The monoisotopic (exact) mass is 326 g/mol. The molecule has 0 fully saturated rings. The second-order valence-corrected chi connectivity index (χ2v) is 5.39. The van der Waals surface area contributed by atoms with Crippen LogP contribution in [0.1, 0.15) is 16.6 Å². The molecule has 0 aliphatic carbocycles. The predicted octanol–water partition coefficient (Wildman–Crippen LogP) is 2.52. The Kier molecular flexibility index (Phi) is 3.34. The van der Waals surface area contributed by atoms with Gasteiger partial charge in [-0.25, -0.2) is 4.79 Å². The van der Waals surface area contributed by atoms with E-state index in [9.17, 15) is 14.7 Å². The SMILES string of the molecule is [2H]c1c([2H])c([2H])c2c(CC(=O)N[C@@H](Cc3ccccc3)C(=O)O)c[nH]c2c1[2H]. The maximum Gasteiger partial charge on any atom is 0.326 e. The summed E-state index contributed by atoms with van der Waals surface area (Å²) in [5.41, 5.74) is 1.37. The van der Waals surface area contributed by atoms with E-state index in [1.807, 2.05) is 6.07 Å². The van der Waals surface area contributed by atoms with Gasteiger partial charge in [0.05, 0.1) is 11.9 Å². The summed E-state index contributed by atoms with van der Waals surface area (Å²) >= 11 is 0. The molecule has 0 saturated heterocycles. The molecule has 2 aromatic carbocycles. The van der Waals surface area contributed by atoms with Crippen LogP contribution < -0.4 is 5.32 Å². The molecular formula is C19H18N2O3. The molecule has 3 N–H and O–H groups in total. The van der Waals surface area contributed by atoms with Crippen LogP contribution >= 0.6 is 0 Å². The maximum atomic E-state index is 12.4. The van der Waals surface area contributed by atoms with E-state index in [0.29, 0.717) is 5.56 Å². The smallest absolute Gasteiger partial charge is 0.326 e. The predicted molar refractivity (Wildman–Crippen MR) is 91.7 cm³/mol. The van der Waals surface area contributed by atoms with Gasteiger partial charge in [-0.15, -0.1) is 0 Å². The van der Waals surface area contributed by atoms with Gasteiger partial charge >= 0.3 is 5.97 Å². The number of carbonyl (C=O) groups excluding carboxylic acids is 1. The van der Waals surface area contributed by atoms with E-state index in [1.54, 1.807) is 24.3 Å². The third-order valence-electron chi connectivity index (χ3n) is 3.67. The molecule has 1 amide bonds. The van der Waals surface area contributed by atoms with Gasteiger partial charge in [0.25, 0.3) is 0 Å². The minimum atomic E-state index is -1.15. The first-order chi connectivity index (χ1) is 13.3. The average Bonchev–Trinajstić information content (AvgIpc) is 3.08. The fourth-order valence-corrected chi connectivity index (χ4v) is 2.50. The summed E-state index contributed by atoms with van der Waals surface area (Å²) in [6, 6.07) is 6.65. The summed E-state index contributed by atoms with van der Waals surface area (Å²) in [5, 5.41) is 12.1. The fourth-order valence-electron chi connectivity index (χ4n) is 2.50. The third kappa shape index (κ3) is 3.63. The Balaban J connectivity index is 1.81. The number of carbonyl (C=O) groups is 2. The van der Waals surface area contributed by atoms with Crippen LogP contribution in [0.5, 0.6) is 0 Å². The zero-order valence-electron chi connectivity index (χ0n) is 16.7. The second kappa shape index (κ2) is 7.00. The molecule has 0 radical (unpaired) electrons. The van der Waals surface area contributed by atoms with Crippen molar-refractivity contribution < 1.29 is 20.2 Å². The summed E-state index contributed by atoms with van der Waals surface area (Å²) < 4.78 is 31.5. The molecule has 1 aromatic heterocycles. The van der Waals surface area contributed by atoms with Crippen LogP contribution in [0.2, 0.25) is 0 Å². The molecule has 0 unspecified atom stereocenters. The van der Waals surface area contributed by atoms with Gasteiger partial charge in [0.1, 0.15) is 6.04 Å². The van der Waals surface area contributed by atoms with Crippen molar-refractivity contribution in [3.8, 4) is 0 Å². The lowest BCUT2D eigenvalue weighted by atomic mass is 10.1. The quantitative estimate of drug-likeness (QED) is 0.651. The van der Waals surface area contributed by atoms with Gasteiger partial charge in [0, 0.05) is 23.5 Å². The van der Waals surface area contributed by atoms with Crippen molar-refractivity contribution in [2.45, 2.75) is 18.9 Å². The Labute approximate surface area is 144 Å². The number of nitrogens with one attached hydrogen (secondary N) is 2. The number of carboxylic acid groups (broad SMARTS) is 1. The van der Waals surface area contributed by atoms with Gasteiger partial charge in [-0.05, 0) is 17.2 Å². The van der Waals surface area contributed by atoms with Gasteiger partial charge < -0.3 is 15.4 Å². The van der Waals surface area contributed by atoms with Crippen LogP contribution in [-0.4, -0.2) is 28.0 Å². The summed E-state index contributed by atoms with van der Waals surface area (Å²) in [6.45, 7) is 0. The van der Waals surface area contributed by atoms with Crippen LogP contribution in [0.25, 0.3) is 10.9 Å². The number of para-hydroxylation sites is 1. The highest BCUT2D eigenvalue weighted by Gasteiger charge is 2.21. The molecule has 0 aliphatic rings. The van der Waals surface area contributed by atoms with Gasteiger partial charge in [0.15, 0.2) is 0 Å². The highest BCUT2D eigenvalue weighted by molar-refractivity contribution is 5.90. The lowest BCUT2D eigenvalue weighted by Crippen LogP contribution is -2.43. The van der Waals surface area contributed by atoms with E-state index < -0.39 is 17.9 Å². The number of hydrogen-bond acceptors (Lipinski definition) is 2. The van der Waals surface area contributed by atoms with Crippen molar-refractivity contribution in [1.82, 2.24) is 10.3 Å². The number of H-pyrrole nitrogens is 1. The normalized spacial score (nSPS) is 14.3. The van der Waals surface area contributed by atoms with Crippen molar-refractivity contribution >= 4 is 22.8 Å². The standard InChI is InChI=1S/C19H18N2O3/c22-18(11-14-12-20-16-9-5-4-8-15(14)16)21-17(19(23)24)10-13-6-2-1-3-7-13/h1-9,12,17,20H,10-11H2,(H,21,22)(H,23,24)/t17-/m0/s1/i4D,5D,8D,9D. The van der Waals surface area contributed by atoms with Gasteiger partial charge in [-0.1, -0.05) is 48.5 Å². The van der Waals surface area contributed by atoms with E-state index in [2.05, 4.69) is 10.3 Å². The van der Waals surface area contributed by atoms with Crippen molar-refractivity contribution in [2.75, 3.05) is 0 Å². The topological polar surface area (TPSA) is 82.2 Å². The molecule has 1 heterocycles. The Morgan fingerprint density at radius 2 is 1.96 bits per heavy atom. The van der Waals surface area contributed by atoms with Crippen molar-refractivity contribution in [2.24, 2.45) is 0 Å². The Hall–Kier alpha value is -3.08. The number of fused-ring (bicyclic) bond motifs is 1. The molecule has 3 aromatic rings. The molecule has 0 bridgehead atoms. The summed E-state index contributed by atoms with van der Waals surface area (Å²) in [6.07, 6.45) is 1.38. The van der Waals surface area contributed by atoms with Crippen molar-refractivity contribution in [3.63, 3.8) is 0 Å². The van der Waals surface area contributed by atoms with E-state index >= 15 is 0 Å². The highest BCUT2D eigenvalue weighted by Crippen LogP contribution is 2.18. The average molecular weight is 326 g/mol. The molecule has 0 aliphatic heterocycles. The Morgan fingerprint density at radius 3 is 2.71 bits per heavy atom. The number of carboxylic acids is 1. The molecule has 0 spiro atoms. The molecule has 5 nitrogen and oxygen atoms in total. The Bertz CT molecular complexity index is 1050. The number of aromatic amines is 1. The van der Waals surface area contributed by atoms with Crippen LogP contribution in [-0.2, 0) is 22.4 Å². The van der Waals surface area contributed by atoms with Crippen LogP contribution in [0.3, 0.4) is 0 Å². The molecule has 1 atom stereocenters. The van der Waals surface area contributed by atoms with Crippen molar-refractivity contribution in [3.05, 3.63) is 71.8 Å². The summed E-state index contributed by atoms with van der Waals surface area (Å²) in [7, 11) is 0. The molecule has 122 valence electrons. The molecule has 5 heteroatoms. The van der Waals surface area contributed by atoms with E-state index in [4.69, 9.17) is 5.48 Å². The Morgan fingerprint density at radius 1 is 1.21 bits per heavy atom. The number of benzene rings is 2. The zero-order valence-corrected chi connectivity index (χ0v) is 12.7. The van der Waals surface area contributed by atoms with Gasteiger partial charge in [-0.2, -0.15) is 0 Å². The van der Waals surface area contributed by atoms with Crippen LogP contribution in [0.4, 0.5) is 0 Å². The molecule has 3 rings (SSSR count). The minimum absolute atomic E-state index is 0.134. The number of aliphatic carboxylic acids is 1. The fraction of sp³-hybridized carbons (Fsp3) is 0.158. The molecular weight excluding hydrogens is 304 g/mol. The van der Waals surface area contributed by atoms with E-state index in [0.717, 1.165) is 5.56 Å². The number of aromatic nitrogens is 1. The number of hydrogen-bond donors (Lipinski definition) is 3. The van der Waals surface area contributed by atoms with Gasteiger partial charge in [0.2, 0.25) is 5.91 Å². The maximum absolute atomic E-state index is 12.4. The largest absolute Gasteiger partial charge is 0.480 e. The molecule has 0 saturated carbocycles. The lowest BCUT2D eigenvalue weighted by molar-refractivity contribution is -0.141. The lowest BCUT2D eigenvalue weighted by Gasteiger charge is -2.14. The first-order valence-corrected chi connectivity index (χ1v) is 7.42. The second-order valence-electron chi connectivity index (χ2n) is 5.39. The molecule has 24 heavy (non-hydrogen) atoms. The van der Waals surface area contributed by atoms with E-state index in [-0.39, 0.29) is 47.9 Å². The highest BCUT2D eigenvalue weighted by atomic mass is 16.4. The van der Waals surface area contributed by atoms with Crippen LogP contribution in [0, 0.1) is 0 Å². The van der Waals surface area contributed by atoms with Crippen molar-refractivity contribution in [1.29, 1.82) is 0 Å². The number of amides is 1. The zero-order chi connectivity index (χ0) is 20.4. The summed E-state index contributed by atoms with van der Waals surface area (Å²) in [5.74, 6) is -1.70. The van der Waals surface area contributed by atoms with E-state index in [1.165, 1.54) is 6.20 Å². The van der Waals surface area contributed by atoms with Gasteiger partial charge in [-0.3, -0.25) is 4.79 Å². The first kappa shape index (κ1) is 11.5. The minimum Gasteiger partial charge on any atom is -0.480 e. The summed E-state index contributed by atoms with van der Waals surface area (Å²) in [4.78, 5) is 26.7. The van der Waals surface area contributed by atoms with Crippen LogP contribution in [0.15, 0.2) is 60.7 Å². The third-order valence-corrected chi connectivity index (χ3v) is 3.67. The number of rotatable bonds is 6.